The molecule has 3 heteroatoms. The van der Waals surface area contributed by atoms with Crippen LogP contribution in [0.2, 0.25) is 0 Å². The van der Waals surface area contributed by atoms with Crippen molar-refractivity contribution in [3.05, 3.63) is 41.0 Å². The summed E-state index contributed by atoms with van der Waals surface area (Å²) in [6.07, 6.45) is 3.70. The first-order valence-electron chi connectivity index (χ1n) is 6.38. The molecule has 2 rings (SSSR count). The molecule has 0 unspecified atom stereocenters. The SMILES string of the molecule is CCC=C(C)C(=O)N1CCc2ccc(O)cc2C1. The number of phenolic OH excluding ortho intramolecular Hbond substituents is 1. The van der Waals surface area contributed by atoms with E-state index in [0.29, 0.717) is 6.54 Å². The van der Waals surface area contributed by atoms with Crippen LogP contribution in [0.25, 0.3) is 0 Å². The van der Waals surface area contributed by atoms with Crippen molar-refractivity contribution in [3.8, 4) is 5.75 Å². The minimum absolute atomic E-state index is 0.103. The lowest BCUT2D eigenvalue weighted by atomic mass is 9.99. The minimum Gasteiger partial charge on any atom is -0.508 e. The normalized spacial score (nSPS) is 15.4. The van der Waals surface area contributed by atoms with Crippen LogP contribution in [0.5, 0.6) is 5.75 Å². The number of rotatable bonds is 2. The van der Waals surface area contributed by atoms with E-state index in [4.69, 9.17) is 0 Å². The Morgan fingerprint density at radius 1 is 1.44 bits per heavy atom. The van der Waals surface area contributed by atoms with Crippen LogP contribution in [0.3, 0.4) is 0 Å². The first-order chi connectivity index (χ1) is 8.61. The molecule has 0 fully saturated rings. The maximum atomic E-state index is 12.2. The minimum atomic E-state index is 0.103. The van der Waals surface area contributed by atoms with E-state index in [2.05, 4.69) is 0 Å². The number of fused-ring (bicyclic) bond motifs is 1. The molecule has 0 aromatic heterocycles. The quantitative estimate of drug-likeness (QED) is 0.814. The van der Waals surface area contributed by atoms with Gasteiger partial charge in [-0.2, -0.15) is 0 Å². The van der Waals surface area contributed by atoms with E-state index >= 15 is 0 Å². The van der Waals surface area contributed by atoms with E-state index in [1.807, 2.05) is 30.9 Å². The van der Waals surface area contributed by atoms with E-state index in [1.54, 1.807) is 12.1 Å². The fourth-order valence-electron chi connectivity index (χ4n) is 2.36. The highest BCUT2D eigenvalue weighted by molar-refractivity contribution is 5.92. The van der Waals surface area contributed by atoms with Gasteiger partial charge in [0.05, 0.1) is 0 Å². The van der Waals surface area contributed by atoms with Crippen molar-refractivity contribution in [2.45, 2.75) is 33.2 Å². The monoisotopic (exact) mass is 245 g/mol. The first kappa shape index (κ1) is 12.7. The van der Waals surface area contributed by atoms with E-state index in [0.717, 1.165) is 30.5 Å². The summed E-state index contributed by atoms with van der Waals surface area (Å²) in [5.41, 5.74) is 3.09. The molecule has 1 heterocycles. The third kappa shape index (κ3) is 2.55. The topological polar surface area (TPSA) is 40.5 Å². The van der Waals surface area contributed by atoms with E-state index < -0.39 is 0 Å². The van der Waals surface area contributed by atoms with Crippen LogP contribution >= 0.6 is 0 Å². The number of hydrogen-bond donors (Lipinski definition) is 1. The molecule has 0 saturated carbocycles. The van der Waals surface area contributed by atoms with Gasteiger partial charge in [0.15, 0.2) is 0 Å². The second-order valence-corrected chi connectivity index (χ2v) is 4.73. The zero-order valence-electron chi connectivity index (χ0n) is 10.9. The molecule has 0 bridgehead atoms. The molecule has 1 aromatic rings. The van der Waals surface area contributed by atoms with Crippen LogP contribution in [0.4, 0.5) is 0 Å². The molecule has 1 N–H and O–H groups in total. The van der Waals surface area contributed by atoms with Crippen LogP contribution < -0.4 is 0 Å². The van der Waals surface area contributed by atoms with Gasteiger partial charge in [0.1, 0.15) is 5.75 Å². The molecule has 0 atom stereocenters. The molecule has 1 aromatic carbocycles. The highest BCUT2D eigenvalue weighted by Gasteiger charge is 2.21. The van der Waals surface area contributed by atoms with Crippen molar-refractivity contribution in [3.63, 3.8) is 0 Å². The van der Waals surface area contributed by atoms with Gasteiger partial charge in [-0.3, -0.25) is 4.79 Å². The zero-order valence-corrected chi connectivity index (χ0v) is 10.9. The summed E-state index contributed by atoms with van der Waals surface area (Å²) in [7, 11) is 0. The largest absolute Gasteiger partial charge is 0.508 e. The van der Waals surface area contributed by atoms with Crippen LogP contribution in [0.15, 0.2) is 29.8 Å². The van der Waals surface area contributed by atoms with Gasteiger partial charge in [0.25, 0.3) is 0 Å². The second kappa shape index (κ2) is 5.25. The number of carbonyl (C=O) groups is 1. The Bertz CT molecular complexity index is 491. The molecular formula is C15H19NO2. The van der Waals surface area contributed by atoms with E-state index in [9.17, 15) is 9.90 Å². The number of nitrogens with zero attached hydrogens (tertiary/aromatic N) is 1. The van der Waals surface area contributed by atoms with E-state index in [1.165, 1.54) is 5.56 Å². The van der Waals surface area contributed by atoms with Crippen LogP contribution in [0, 0.1) is 0 Å². The highest BCUT2D eigenvalue weighted by Crippen LogP contribution is 2.23. The lowest BCUT2D eigenvalue weighted by molar-refractivity contribution is -0.128. The zero-order chi connectivity index (χ0) is 13.1. The van der Waals surface area contributed by atoms with Gasteiger partial charge >= 0.3 is 0 Å². The Kier molecular flexibility index (Phi) is 3.70. The lowest BCUT2D eigenvalue weighted by Gasteiger charge is -2.29. The number of aromatic hydroxyl groups is 1. The fourth-order valence-corrected chi connectivity index (χ4v) is 2.36. The van der Waals surface area contributed by atoms with Crippen LogP contribution in [-0.4, -0.2) is 22.5 Å². The van der Waals surface area contributed by atoms with Gasteiger partial charge in [-0.1, -0.05) is 19.1 Å². The van der Waals surface area contributed by atoms with Gasteiger partial charge in [-0.05, 0) is 43.0 Å². The summed E-state index contributed by atoms with van der Waals surface area (Å²) >= 11 is 0. The Morgan fingerprint density at radius 3 is 2.94 bits per heavy atom. The number of hydrogen-bond acceptors (Lipinski definition) is 2. The molecule has 0 spiro atoms. The Labute approximate surface area is 108 Å². The maximum absolute atomic E-state index is 12.2. The summed E-state index contributed by atoms with van der Waals surface area (Å²) < 4.78 is 0. The molecule has 1 amide bonds. The number of benzene rings is 1. The first-order valence-corrected chi connectivity index (χ1v) is 6.38. The Balaban J connectivity index is 2.16. The number of allylic oxidation sites excluding steroid dienone is 1. The van der Waals surface area contributed by atoms with Crippen LogP contribution in [0.1, 0.15) is 31.4 Å². The highest BCUT2D eigenvalue weighted by atomic mass is 16.3. The number of carbonyl (C=O) groups excluding carboxylic acids is 1. The standard InChI is InChI=1S/C15H19NO2/c1-3-4-11(2)15(18)16-8-7-12-5-6-14(17)9-13(12)10-16/h4-6,9,17H,3,7-8,10H2,1-2H3. The van der Waals surface area contributed by atoms with E-state index in [-0.39, 0.29) is 11.7 Å². The average molecular weight is 245 g/mol. The Morgan fingerprint density at radius 2 is 2.22 bits per heavy atom. The molecule has 1 aliphatic heterocycles. The molecule has 3 nitrogen and oxygen atoms in total. The predicted molar refractivity (Wildman–Crippen MR) is 71.3 cm³/mol. The molecular weight excluding hydrogens is 226 g/mol. The molecule has 1 aliphatic rings. The third-order valence-electron chi connectivity index (χ3n) is 3.34. The number of amides is 1. The van der Waals surface area contributed by atoms with Gasteiger partial charge in [0.2, 0.25) is 5.91 Å². The number of phenols is 1. The summed E-state index contributed by atoms with van der Waals surface area (Å²) in [5.74, 6) is 0.370. The molecule has 96 valence electrons. The van der Waals surface area contributed by atoms with Crippen molar-refractivity contribution in [2.24, 2.45) is 0 Å². The summed E-state index contributed by atoms with van der Waals surface area (Å²) in [6.45, 7) is 5.24. The lowest BCUT2D eigenvalue weighted by Crippen LogP contribution is -2.36. The summed E-state index contributed by atoms with van der Waals surface area (Å²) in [6, 6.07) is 5.41. The summed E-state index contributed by atoms with van der Waals surface area (Å²) in [5, 5.41) is 9.49. The molecule has 0 radical (unpaired) electrons. The van der Waals surface area contributed by atoms with Crippen molar-refractivity contribution in [1.29, 1.82) is 0 Å². The smallest absolute Gasteiger partial charge is 0.249 e. The molecule has 0 saturated heterocycles. The van der Waals surface area contributed by atoms with Gasteiger partial charge < -0.3 is 10.0 Å². The molecule has 0 aliphatic carbocycles. The van der Waals surface area contributed by atoms with Crippen molar-refractivity contribution >= 4 is 5.91 Å². The van der Waals surface area contributed by atoms with Gasteiger partial charge in [-0.25, -0.2) is 0 Å². The van der Waals surface area contributed by atoms with Crippen molar-refractivity contribution in [2.75, 3.05) is 6.54 Å². The van der Waals surface area contributed by atoms with Gasteiger partial charge in [0, 0.05) is 18.7 Å². The maximum Gasteiger partial charge on any atom is 0.249 e. The predicted octanol–water partition coefficient (Wildman–Crippen LogP) is 2.63. The summed E-state index contributed by atoms with van der Waals surface area (Å²) in [4.78, 5) is 14.0. The molecule has 18 heavy (non-hydrogen) atoms. The third-order valence-corrected chi connectivity index (χ3v) is 3.34. The Hall–Kier alpha value is -1.77. The van der Waals surface area contributed by atoms with Crippen molar-refractivity contribution in [1.82, 2.24) is 4.90 Å². The van der Waals surface area contributed by atoms with Crippen molar-refractivity contribution < 1.29 is 9.90 Å². The van der Waals surface area contributed by atoms with Crippen LogP contribution in [-0.2, 0) is 17.8 Å². The average Bonchev–Trinajstić information content (AvgIpc) is 2.37. The fraction of sp³-hybridized carbons (Fsp3) is 0.400. The second-order valence-electron chi connectivity index (χ2n) is 4.73. The van der Waals surface area contributed by atoms with Gasteiger partial charge in [-0.15, -0.1) is 0 Å².